The first-order valence-corrected chi connectivity index (χ1v) is 5.43. The molecule has 0 saturated carbocycles. The second-order valence-electron chi connectivity index (χ2n) is 4.37. The molecule has 2 rings (SSSR count). The number of anilines is 1. The van der Waals surface area contributed by atoms with Crippen LogP contribution in [0.15, 0.2) is 18.2 Å². The van der Waals surface area contributed by atoms with Gasteiger partial charge in [-0.1, -0.05) is 12.1 Å². The maximum atomic E-state index is 13.1. The lowest BCUT2D eigenvalue weighted by Gasteiger charge is -2.15. The summed E-state index contributed by atoms with van der Waals surface area (Å²) < 4.78 is 26.3. The van der Waals surface area contributed by atoms with E-state index in [9.17, 15) is 8.78 Å². The molecule has 1 aromatic carbocycles. The molecule has 1 aliphatic rings. The van der Waals surface area contributed by atoms with Gasteiger partial charge in [0.15, 0.2) is 0 Å². The molecule has 1 heterocycles. The summed E-state index contributed by atoms with van der Waals surface area (Å²) in [5.41, 5.74) is 8.01. The molecule has 4 heteroatoms. The van der Waals surface area contributed by atoms with Gasteiger partial charge in [0.05, 0.1) is 6.54 Å². The summed E-state index contributed by atoms with van der Waals surface area (Å²) in [5, 5.41) is 0. The predicted octanol–water partition coefficient (Wildman–Crippen LogP) is 1.82. The molecule has 0 aromatic heterocycles. The minimum absolute atomic E-state index is 0.263. The molecule has 88 valence electrons. The lowest BCUT2D eigenvalue weighted by Crippen LogP contribution is -2.30. The second kappa shape index (κ2) is 4.01. The Labute approximate surface area is 94.0 Å². The van der Waals surface area contributed by atoms with Crippen LogP contribution in [0.5, 0.6) is 0 Å². The third-order valence-electron chi connectivity index (χ3n) is 3.03. The average molecular weight is 226 g/mol. The highest BCUT2D eigenvalue weighted by Gasteiger charge is 2.27. The van der Waals surface area contributed by atoms with Gasteiger partial charge in [-0.15, -0.1) is 0 Å². The number of rotatable bonds is 3. The molecule has 16 heavy (non-hydrogen) atoms. The van der Waals surface area contributed by atoms with Crippen molar-refractivity contribution in [3.05, 3.63) is 29.3 Å². The van der Waals surface area contributed by atoms with E-state index in [0.717, 1.165) is 24.2 Å². The van der Waals surface area contributed by atoms with Gasteiger partial charge in [-0.3, -0.25) is 0 Å². The summed E-state index contributed by atoms with van der Waals surface area (Å²) in [7, 11) is 2.01. The summed E-state index contributed by atoms with van der Waals surface area (Å²) >= 11 is 0. The first-order chi connectivity index (χ1) is 7.52. The van der Waals surface area contributed by atoms with E-state index < -0.39 is 12.5 Å². The molecule has 1 aliphatic heterocycles. The Hall–Kier alpha value is -1.16. The zero-order valence-electron chi connectivity index (χ0n) is 9.34. The highest BCUT2D eigenvalue weighted by Crippen LogP contribution is 2.29. The highest BCUT2D eigenvalue weighted by molar-refractivity contribution is 5.58. The number of hydrogen-bond acceptors (Lipinski definition) is 2. The van der Waals surface area contributed by atoms with Crippen LogP contribution in [0.3, 0.4) is 0 Å². The number of likely N-dealkylation sites (N-methyl/N-ethyl adjacent to an activating group) is 1. The standard InChI is InChI=1S/C12H16F2N2/c1-16-5-4-10-6-9(2-3-11(10)16)7-12(13,14)8-15/h2-3,6H,4-5,7-8,15H2,1H3. The van der Waals surface area contributed by atoms with Crippen LogP contribution >= 0.6 is 0 Å². The summed E-state index contributed by atoms with van der Waals surface area (Å²) in [4.78, 5) is 2.14. The SMILES string of the molecule is CN1CCc2cc(CC(F)(F)CN)ccc21. The highest BCUT2D eigenvalue weighted by atomic mass is 19.3. The number of benzene rings is 1. The van der Waals surface area contributed by atoms with Gasteiger partial charge in [-0.25, -0.2) is 8.78 Å². The lowest BCUT2D eigenvalue weighted by atomic mass is 10.0. The Bertz CT molecular complexity index is 391. The van der Waals surface area contributed by atoms with Gasteiger partial charge in [0.25, 0.3) is 5.92 Å². The Kier molecular flexibility index (Phi) is 2.84. The van der Waals surface area contributed by atoms with Crippen molar-refractivity contribution in [3.8, 4) is 0 Å². The molecule has 0 aliphatic carbocycles. The minimum atomic E-state index is -2.79. The van der Waals surface area contributed by atoms with Crippen molar-refractivity contribution in [2.45, 2.75) is 18.8 Å². The van der Waals surface area contributed by atoms with Crippen LogP contribution in [0.25, 0.3) is 0 Å². The maximum absolute atomic E-state index is 13.1. The molecular formula is C12H16F2N2. The predicted molar refractivity (Wildman–Crippen MR) is 61.1 cm³/mol. The first-order valence-electron chi connectivity index (χ1n) is 5.43. The van der Waals surface area contributed by atoms with Crippen molar-refractivity contribution < 1.29 is 8.78 Å². The Morgan fingerprint density at radius 1 is 1.44 bits per heavy atom. The zero-order chi connectivity index (χ0) is 11.8. The number of nitrogens with two attached hydrogens (primary N) is 1. The van der Waals surface area contributed by atoms with Crippen LogP contribution in [0.1, 0.15) is 11.1 Å². The van der Waals surface area contributed by atoms with Gasteiger partial charge in [0, 0.05) is 25.7 Å². The third kappa shape index (κ3) is 2.16. The second-order valence-corrected chi connectivity index (χ2v) is 4.37. The van der Waals surface area contributed by atoms with E-state index in [-0.39, 0.29) is 6.42 Å². The van der Waals surface area contributed by atoms with Gasteiger partial charge in [0.2, 0.25) is 0 Å². The Morgan fingerprint density at radius 3 is 2.88 bits per heavy atom. The monoisotopic (exact) mass is 226 g/mol. The third-order valence-corrected chi connectivity index (χ3v) is 3.03. The Balaban J connectivity index is 2.20. The molecule has 2 nitrogen and oxygen atoms in total. The quantitative estimate of drug-likeness (QED) is 0.851. The first kappa shape index (κ1) is 11.3. The van der Waals surface area contributed by atoms with E-state index in [1.165, 1.54) is 0 Å². The smallest absolute Gasteiger partial charge is 0.264 e. The van der Waals surface area contributed by atoms with E-state index in [0.29, 0.717) is 5.56 Å². The summed E-state index contributed by atoms with van der Waals surface area (Å²) in [6.45, 7) is 0.371. The average Bonchev–Trinajstić information content (AvgIpc) is 2.60. The Morgan fingerprint density at radius 2 is 2.19 bits per heavy atom. The minimum Gasteiger partial charge on any atom is -0.374 e. The fourth-order valence-corrected chi connectivity index (χ4v) is 2.10. The maximum Gasteiger partial charge on any atom is 0.264 e. The van der Waals surface area contributed by atoms with E-state index in [2.05, 4.69) is 4.90 Å². The fourth-order valence-electron chi connectivity index (χ4n) is 2.10. The van der Waals surface area contributed by atoms with Crippen LogP contribution in [-0.4, -0.2) is 26.1 Å². The molecule has 0 bridgehead atoms. The van der Waals surface area contributed by atoms with Crippen LogP contribution < -0.4 is 10.6 Å². The number of hydrogen-bond donors (Lipinski definition) is 1. The summed E-state index contributed by atoms with van der Waals surface area (Å²) in [6.07, 6.45) is 0.675. The number of nitrogens with zero attached hydrogens (tertiary/aromatic N) is 1. The molecule has 0 spiro atoms. The van der Waals surface area contributed by atoms with Crippen LogP contribution in [-0.2, 0) is 12.8 Å². The van der Waals surface area contributed by atoms with Crippen LogP contribution in [0.2, 0.25) is 0 Å². The van der Waals surface area contributed by atoms with Crippen molar-refractivity contribution >= 4 is 5.69 Å². The largest absolute Gasteiger partial charge is 0.374 e. The summed E-state index contributed by atoms with van der Waals surface area (Å²) in [5.74, 6) is -2.79. The number of alkyl halides is 2. The van der Waals surface area contributed by atoms with Crippen molar-refractivity contribution in [3.63, 3.8) is 0 Å². The molecule has 0 radical (unpaired) electrons. The van der Waals surface area contributed by atoms with E-state index in [1.807, 2.05) is 19.2 Å². The summed E-state index contributed by atoms with van der Waals surface area (Å²) in [6, 6.07) is 5.57. The molecule has 0 amide bonds. The van der Waals surface area contributed by atoms with Crippen LogP contribution in [0, 0.1) is 0 Å². The topological polar surface area (TPSA) is 29.3 Å². The molecule has 1 aromatic rings. The molecule has 0 fully saturated rings. The van der Waals surface area contributed by atoms with Gasteiger partial charge in [-0.05, 0) is 23.6 Å². The van der Waals surface area contributed by atoms with Gasteiger partial charge in [0.1, 0.15) is 0 Å². The fraction of sp³-hybridized carbons (Fsp3) is 0.500. The molecule has 0 unspecified atom stereocenters. The normalized spacial score (nSPS) is 15.4. The van der Waals surface area contributed by atoms with Crippen molar-refractivity contribution in [2.75, 3.05) is 25.0 Å². The molecular weight excluding hydrogens is 210 g/mol. The molecule has 0 saturated heterocycles. The van der Waals surface area contributed by atoms with Crippen molar-refractivity contribution in [2.24, 2.45) is 5.73 Å². The van der Waals surface area contributed by atoms with Gasteiger partial charge in [-0.2, -0.15) is 0 Å². The lowest BCUT2D eigenvalue weighted by molar-refractivity contribution is 0.0115. The molecule has 0 atom stereocenters. The van der Waals surface area contributed by atoms with E-state index >= 15 is 0 Å². The number of fused-ring (bicyclic) bond motifs is 1. The van der Waals surface area contributed by atoms with Crippen LogP contribution in [0.4, 0.5) is 14.5 Å². The van der Waals surface area contributed by atoms with Crippen molar-refractivity contribution in [1.82, 2.24) is 0 Å². The van der Waals surface area contributed by atoms with E-state index in [1.54, 1.807) is 6.07 Å². The van der Waals surface area contributed by atoms with E-state index in [4.69, 9.17) is 5.73 Å². The zero-order valence-corrected chi connectivity index (χ0v) is 9.34. The van der Waals surface area contributed by atoms with Crippen molar-refractivity contribution in [1.29, 1.82) is 0 Å². The van der Waals surface area contributed by atoms with Gasteiger partial charge < -0.3 is 10.6 Å². The molecule has 2 N–H and O–H groups in total. The van der Waals surface area contributed by atoms with Gasteiger partial charge >= 0.3 is 0 Å². The number of halogens is 2.